The van der Waals surface area contributed by atoms with Crippen molar-refractivity contribution in [2.75, 3.05) is 0 Å². The Bertz CT molecular complexity index is 1040. The fourth-order valence-corrected chi connectivity index (χ4v) is 3.36. The molecule has 27 heavy (non-hydrogen) atoms. The molecule has 0 saturated heterocycles. The third-order valence-corrected chi connectivity index (χ3v) is 5.21. The Kier molecular flexibility index (Phi) is 5.81. The normalized spacial score (nSPS) is 10.9. The lowest BCUT2D eigenvalue weighted by molar-refractivity contribution is 0.293. The van der Waals surface area contributed by atoms with E-state index >= 15 is 0 Å². The lowest BCUT2D eigenvalue weighted by Gasteiger charge is -2.09. The van der Waals surface area contributed by atoms with Crippen molar-refractivity contribution in [2.24, 2.45) is 0 Å². The highest BCUT2D eigenvalue weighted by Gasteiger charge is 2.13. The van der Waals surface area contributed by atoms with Crippen LogP contribution in [0.15, 0.2) is 77.8 Å². The van der Waals surface area contributed by atoms with Crippen LogP contribution in [0.25, 0.3) is 0 Å². The molecule has 0 unspecified atom stereocenters. The van der Waals surface area contributed by atoms with E-state index in [0.717, 1.165) is 11.1 Å². The van der Waals surface area contributed by atoms with Crippen LogP contribution in [0.3, 0.4) is 0 Å². The van der Waals surface area contributed by atoms with Crippen molar-refractivity contribution in [2.45, 2.75) is 18.0 Å². The lowest BCUT2D eigenvalue weighted by Crippen LogP contribution is -2.23. The quantitative estimate of drug-likeness (QED) is 0.681. The third kappa shape index (κ3) is 5.14. The Morgan fingerprint density at radius 3 is 2.44 bits per heavy atom. The van der Waals surface area contributed by atoms with Crippen molar-refractivity contribution in [1.29, 1.82) is 5.26 Å². The van der Waals surface area contributed by atoms with Crippen molar-refractivity contribution in [1.82, 2.24) is 9.71 Å². The predicted octanol–water partition coefficient (Wildman–Crippen LogP) is 3.01. The highest BCUT2D eigenvalue weighted by Crippen LogP contribution is 2.14. The van der Waals surface area contributed by atoms with Gasteiger partial charge in [0, 0.05) is 18.8 Å². The van der Waals surface area contributed by atoms with Crippen molar-refractivity contribution in [3.05, 3.63) is 89.6 Å². The van der Waals surface area contributed by atoms with Crippen LogP contribution in [0.1, 0.15) is 16.7 Å². The van der Waals surface area contributed by atoms with E-state index in [2.05, 4.69) is 9.71 Å². The first-order valence-electron chi connectivity index (χ1n) is 8.18. The summed E-state index contributed by atoms with van der Waals surface area (Å²) in [5.41, 5.74) is 2.15. The molecule has 7 heteroatoms. The van der Waals surface area contributed by atoms with Gasteiger partial charge in [-0.3, -0.25) is 0 Å². The van der Waals surface area contributed by atoms with Gasteiger partial charge in [0.25, 0.3) is 0 Å². The Balaban J connectivity index is 1.62. The van der Waals surface area contributed by atoms with Crippen molar-refractivity contribution in [3.63, 3.8) is 0 Å². The number of rotatable bonds is 7. The molecular formula is C20H17N3O3S. The molecule has 2 aromatic carbocycles. The summed E-state index contributed by atoms with van der Waals surface area (Å²) < 4.78 is 32.9. The number of ether oxygens (including phenoxy) is 1. The molecule has 0 aliphatic carbocycles. The summed E-state index contributed by atoms with van der Waals surface area (Å²) in [6.45, 7) is 0.487. The first kappa shape index (κ1) is 18.6. The fourth-order valence-electron chi connectivity index (χ4n) is 2.34. The maximum Gasteiger partial charge on any atom is 0.240 e. The molecular weight excluding hydrogens is 362 g/mol. The third-order valence-electron chi connectivity index (χ3n) is 3.79. The number of nitrogens with zero attached hydrogens (tertiary/aromatic N) is 2. The van der Waals surface area contributed by atoms with Gasteiger partial charge in [-0.05, 0) is 41.5 Å². The Morgan fingerprint density at radius 1 is 1.00 bits per heavy atom. The molecule has 1 aromatic heterocycles. The maximum absolute atomic E-state index is 12.4. The van der Waals surface area contributed by atoms with Crippen LogP contribution in [-0.4, -0.2) is 13.4 Å². The van der Waals surface area contributed by atoms with E-state index in [1.54, 1.807) is 18.3 Å². The van der Waals surface area contributed by atoms with E-state index in [0.29, 0.717) is 18.1 Å². The van der Waals surface area contributed by atoms with Gasteiger partial charge in [-0.2, -0.15) is 5.26 Å². The van der Waals surface area contributed by atoms with Gasteiger partial charge in [0.1, 0.15) is 6.61 Å². The summed E-state index contributed by atoms with van der Waals surface area (Å²) in [7, 11) is -3.67. The molecule has 136 valence electrons. The second kappa shape index (κ2) is 8.45. The zero-order valence-corrected chi connectivity index (χ0v) is 15.2. The second-order valence-electron chi connectivity index (χ2n) is 5.74. The lowest BCUT2D eigenvalue weighted by atomic mass is 10.2. The average molecular weight is 379 g/mol. The summed E-state index contributed by atoms with van der Waals surface area (Å²) in [6.07, 6.45) is 1.58. The van der Waals surface area contributed by atoms with Crippen molar-refractivity contribution < 1.29 is 13.2 Å². The summed E-state index contributed by atoms with van der Waals surface area (Å²) in [5, 5.41) is 8.79. The number of aromatic nitrogens is 1. The fraction of sp³-hybridized carbons (Fsp3) is 0.100. The van der Waals surface area contributed by atoms with E-state index in [9.17, 15) is 8.42 Å². The summed E-state index contributed by atoms with van der Waals surface area (Å²) in [6, 6.07) is 20.8. The number of hydrogen-bond acceptors (Lipinski definition) is 5. The summed E-state index contributed by atoms with van der Waals surface area (Å²) >= 11 is 0. The monoisotopic (exact) mass is 379 g/mol. The van der Waals surface area contributed by atoms with Crippen LogP contribution in [0.5, 0.6) is 5.88 Å². The van der Waals surface area contributed by atoms with Crippen LogP contribution >= 0.6 is 0 Å². The Hall–Kier alpha value is -3.21. The van der Waals surface area contributed by atoms with E-state index in [-0.39, 0.29) is 11.4 Å². The largest absolute Gasteiger partial charge is 0.473 e. The van der Waals surface area contributed by atoms with E-state index in [1.165, 1.54) is 24.3 Å². The van der Waals surface area contributed by atoms with Gasteiger partial charge in [0.15, 0.2) is 0 Å². The van der Waals surface area contributed by atoms with Crippen LogP contribution in [0, 0.1) is 11.3 Å². The number of sulfonamides is 1. The first-order chi connectivity index (χ1) is 13.1. The zero-order valence-electron chi connectivity index (χ0n) is 14.4. The molecule has 0 bridgehead atoms. The van der Waals surface area contributed by atoms with Gasteiger partial charge in [0.05, 0.1) is 16.5 Å². The molecule has 6 nitrogen and oxygen atoms in total. The van der Waals surface area contributed by atoms with Crippen LogP contribution in [0.2, 0.25) is 0 Å². The molecule has 0 atom stereocenters. The minimum Gasteiger partial charge on any atom is -0.473 e. The van der Waals surface area contributed by atoms with Crippen molar-refractivity contribution in [3.8, 4) is 11.9 Å². The molecule has 0 radical (unpaired) electrons. The van der Waals surface area contributed by atoms with Gasteiger partial charge in [0.2, 0.25) is 15.9 Å². The van der Waals surface area contributed by atoms with Gasteiger partial charge in [-0.15, -0.1) is 0 Å². The smallest absolute Gasteiger partial charge is 0.240 e. The zero-order chi connectivity index (χ0) is 19.1. The summed E-state index contributed by atoms with van der Waals surface area (Å²) in [4.78, 5) is 4.25. The molecule has 0 spiro atoms. The standard InChI is InChI=1S/C20H17N3O3S/c21-13-16-6-8-19(9-7-16)27(24,25)23-14-18-10-11-22-20(12-18)26-15-17-4-2-1-3-5-17/h1-12,23H,14-15H2. The number of nitrogens with one attached hydrogen (secondary N) is 1. The van der Waals surface area contributed by atoms with E-state index in [4.69, 9.17) is 10.00 Å². The molecule has 3 aromatic rings. The van der Waals surface area contributed by atoms with Gasteiger partial charge >= 0.3 is 0 Å². The first-order valence-corrected chi connectivity index (χ1v) is 9.67. The maximum atomic E-state index is 12.4. The average Bonchev–Trinajstić information content (AvgIpc) is 2.72. The topological polar surface area (TPSA) is 92.1 Å². The molecule has 0 amide bonds. The van der Waals surface area contributed by atoms with Gasteiger partial charge in [-0.1, -0.05) is 30.3 Å². The minimum absolute atomic E-state index is 0.104. The Labute approximate surface area is 158 Å². The molecule has 0 fully saturated rings. The predicted molar refractivity (Wildman–Crippen MR) is 100 cm³/mol. The van der Waals surface area contributed by atoms with Crippen LogP contribution in [-0.2, 0) is 23.2 Å². The SMILES string of the molecule is N#Cc1ccc(S(=O)(=O)NCc2ccnc(OCc3ccccc3)c2)cc1. The number of benzene rings is 2. The summed E-state index contributed by atoms with van der Waals surface area (Å²) in [5.74, 6) is 0.425. The van der Waals surface area contributed by atoms with Gasteiger partial charge < -0.3 is 4.74 Å². The second-order valence-corrected chi connectivity index (χ2v) is 7.50. The molecule has 0 saturated carbocycles. The molecule has 3 rings (SSSR count). The number of pyridine rings is 1. The van der Waals surface area contributed by atoms with Crippen LogP contribution in [0.4, 0.5) is 0 Å². The molecule has 1 heterocycles. The highest BCUT2D eigenvalue weighted by atomic mass is 32.2. The number of nitriles is 1. The Morgan fingerprint density at radius 2 is 1.74 bits per heavy atom. The highest BCUT2D eigenvalue weighted by molar-refractivity contribution is 7.89. The molecule has 1 N–H and O–H groups in total. The van der Waals surface area contributed by atoms with Crippen molar-refractivity contribution >= 4 is 10.0 Å². The molecule has 0 aliphatic rings. The van der Waals surface area contributed by atoms with Crippen LogP contribution < -0.4 is 9.46 Å². The minimum atomic E-state index is -3.67. The number of hydrogen-bond donors (Lipinski definition) is 1. The van der Waals surface area contributed by atoms with Gasteiger partial charge in [-0.25, -0.2) is 18.1 Å². The van der Waals surface area contributed by atoms with E-state index in [1.807, 2.05) is 36.4 Å². The van der Waals surface area contributed by atoms with E-state index < -0.39 is 10.0 Å². The molecule has 0 aliphatic heterocycles.